The maximum absolute atomic E-state index is 13.1. The predicted molar refractivity (Wildman–Crippen MR) is 127 cm³/mol. The van der Waals surface area contributed by atoms with Crippen molar-refractivity contribution in [3.05, 3.63) is 114 Å². The number of hydrazine groups is 1. The largest absolute Gasteiger partial charge is 0.393 e. The summed E-state index contributed by atoms with van der Waals surface area (Å²) in [5, 5.41) is 3.10. The Bertz CT molecular complexity index is 1160. The Labute approximate surface area is 190 Å². The number of benzene rings is 3. The van der Waals surface area contributed by atoms with Crippen molar-refractivity contribution < 1.29 is 9.18 Å². The van der Waals surface area contributed by atoms with Crippen molar-refractivity contribution in [1.82, 2.24) is 15.4 Å². The van der Waals surface area contributed by atoms with Gasteiger partial charge in [-0.2, -0.15) is 0 Å². The van der Waals surface area contributed by atoms with E-state index in [0.717, 1.165) is 16.7 Å². The van der Waals surface area contributed by atoms with Crippen molar-refractivity contribution in [1.29, 1.82) is 0 Å². The van der Waals surface area contributed by atoms with Gasteiger partial charge in [0, 0.05) is 6.54 Å². The first kappa shape index (κ1) is 21.8. The van der Waals surface area contributed by atoms with Gasteiger partial charge in [-0.1, -0.05) is 72.8 Å². The maximum atomic E-state index is 13.1. The number of nitrogens with two attached hydrogens (primary N) is 1. The van der Waals surface area contributed by atoms with Gasteiger partial charge in [-0.25, -0.2) is 14.4 Å². The van der Waals surface area contributed by atoms with E-state index in [1.54, 1.807) is 12.1 Å². The summed E-state index contributed by atoms with van der Waals surface area (Å²) < 4.78 is 13.1. The molecule has 5 N–H and O–H groups in total. The summed E-state index contributed by atoms with van der Waals surface area (Å²) in [4.78, 5) is 21.4. The van der Waals surface area contributed by atoms with E-state index < -0.39 is 5.92 Å². The molecule has 7 nitrogen and oxygen atoms in total. The Morgan fingerprint density at radius 3 is 2.03 bits per heavy atom. The molecule has 166 valence electrons. The van der Waals surface area contributed by atoms with Gasteiger partial charge in [-0.05, 0) is 28.8 Å². The lowest BCUT2D eigenvalue weighted by Crippen LogP contribution is -2.35. The van der Waals surface area contributed by atoms with E-state index in [9.17, 15) is 9.18 Å². The highest BCUT2D eigenvalue weighted by Crippen LogP contribution is 2.26. The first-order valence-corrected chi connectivity index (χ1v) is 10.4. The Balaban J connectivity index is 1.46. The van der Waals surface area contributed by atoms with Crippen LogP contribution in [0.3, 0.4) is 0 Å². The molecule has 0 aliphatic heterocycles. The fourth-order valence-electron chi connectivity index (χ4n) is 3.40. The Kier molecular flexibility index (Phi) is 6.75. The molecule has 3 aromatic carbocycles. The van der Waals surface area contributed by atoms with Crippen LogP contribution in [0.1, 0.15) is 22.6 Å². The smallest absolute Gasteiger partial charge is 0.250 e. The molecule has 0 radical (unpaired) electrons. The molecule has 1 amide bonds. The van der Waals surface area contributed by atoms with Crippen LogP contribution in [-0.4, -0.2) is 15.9 Å². The van der Waals surface area contributed by atoms with Crippen molar-refractivity contribution in [2.75, 3.05) is 16.5 Å². The summed E-state index contributed by atoms with van der Waals surface area (Å²) in [6, 6.07) is 25.2. The quantitative estimate of drug-likeness (QED) is 0.307. The molecule has 0 saturated heterocycles. The van der Waals surface area contributed by atoms with Gasteiger partial charge < -0.3 is 11.1 Å². The van der Waals surface area contributed by atoms with Gasteiger partial charge in [-0.15, -0.1) is 0 Å². The van der Waals surface area contributed by atoms with Crippen molar-refractivity contribution in [2.24, 2.45) is 0 Å². The van der Waals surface area contributed by atoms with E-state index >= 15 is 0 Å². The highest BCUT2D eigenvalue weighted by molar-refractivity contribution is 5.88. The van der Waals surface area contributed by atoms with Crippen molar-refractivity contribution >= 4 is 23.2 Å². The highest BCUT2D eigenvalue weighted by Gasteiger charge is 2.23. The number of carbonyl (C=O) groups excluding carboxylic acids is 1. The number of nitrogens with zero attached hydrogens (tertiary/aromatic N) is 2. The van der Waals surface area contributed by atoms with Crippen LogP contribution in [0.15, 0.2) is 91.3 Å². The molecule has 0 atom stereocenters. The molecule has 0 saturated carbocycles. The number of rotatable bonds is 8. The lowest BCUT2D eigenvalue weighted by atomic mass is 9.91. The molecular formula is C25H23FN6O. The van der Waals surface area contributed by atoms with Crippen LogP contribution in [0.4, 0.5) is 21.7 Å². The average molecular weight is 442 g/mol. The zero-order valence-electron chi connectivity index (χ0n) is 17.7. The predicted octanol–water partition coefficient (Wildman–Crippen LogP) is 4.09. The normalized spacial score (nSPS) is 10.6. The van der Waals surface area contributed by atoms with Crippen molar-refractivity contribution in [2.45, 2.75) is 12.5 Å². The molecule has 0 fully saturated rings. The second-order valence-corrected chi connectivity index (χ2v) is 7.33. The lowest BCUT2D eigenvalue weighted by molar-refractivity contribution is -0.121. The Morgan fingerprint density at radius 1 is 0.848 bits per heavy atom. The number of halogens is 1. The van der Waals surface area contributed by atoms with E-state index in [-0.39, 0.29) is 23.2 Å². The summed E-state index contributed by atoms with van der Waals surface area (Å²) in [5.74, 6) is -0.411. The monoisotopic (exact) mass is 442 g/mol. The first-order chi connectivity index (χ1) is 16.1. The lowest BCUT2D eigenvalue weighted by Gasteiger charge is -2.19. The number of aromatic nitrogens is 2. The highest BCUT2D eigenvalue weighted by atomic mass is 19.1. The number of nitrogens with one attached hydrogen (secondary N) is 3. The van der Waals surface area contributed by atoms with Gasteiger partial charge in [0.2, 0.25) is 5.91 Å². The summed E-state index contributed by atoms with van der Waals surface area (Å²) in [6.07, 6.45) is 1.34. The molecule has 0 bridgehead atoms. The Hall–Kier alpha value is -4.46. The van der Waals surface area contributed by atoms with E-state index in [4.69, 9.17) is 5.73 Å². The number of nitrogen functional groups attached to an aromatic ring is 1. The molecule has 0 aliphatic carbocycles. The molecule has 4 rings (SSSR count). The molecule has 0 spiro atoms. The van der Waals surface area contributed by atoms with Crippen LogP contribution in [-0.2, 0) is 11.3 Å². The average Bonchev–Trinajstić information content (AvgIpc) is 2.85. The second-order valence-electron chi connectivity index (χ2n) is 7.33. The Morgan fingerprint density at radius 2 is 1.42 bits per heavy atom. The minimum atomic E-state index is -0.515. The van der Waals surface area contributed by atoms with Gasteiger partial charge in [0.05, 0.1) is 5.92 Å². The molecular weight excluding hydrogens is 419 g/mol. The number of hydrogen-bond donors (Lipinski definition) is 4. The zero-order valence-corrected chi connectivity index (χ0v) is 17.7. The number of carbonyl (C=O) groups is 1. The van der Waals surface area contributed by atoms with Crippen LogP contribution in [0.5, 0.6) is 0 Å². The number of hydrogen-bond acceptors (Lipinski definition) is 6. The zero-order chi connectivity index (χ0) is 23.0. The first-order valence-electron chi connectivity index (χ1n) is 10.4. The van der Waals surface area contributed by atoms with Gasteiger partial charge in [0.25, 0.3) is 0 Å². The summed E-state index contributed by atoms with van der Waals surface area (Å²) in [6.45, 7) is 0.400. The van der Waals surface area contributed by atoms with Crippen molar-refractivity contribution in [3.63, 3.8) is 0 Å². The van der Waals surface area contributed by atoms with E-state index in [1.807, 2.05) is 60.7 Å². The van der Waals surface area contributed by atoms with E-state index in [2.05, 4.69) is 26.1 Å². The van der Waals surface area contributed by atoms with Crippen LogP contribution >= 0.6 is 0 Å². The number of amides is 1. The van der Waals surface area contributed by atoms with Crippen LogP contribution in [0.25, 0.3) is 0 Å². The maximum Gasteiger partial charge on any atom is 0.250 e. The van der Waals surface area contributed by atoms with Crippen LogP contribution < -0.4 is 21.9 Å². The second kappa shape index (κ2) is 10.2. The standard InChI is InChI=1S/C25H23FN6O/c26-20-13-11-17(12-14-20)15-28-23-22(27)24(30-16-29-23)31-32-25(33)21(18-7-3-1-4-8-18)19-9-5-2-6-10-19/h1-14,16,21H,15,27H2,(H,32,33)(H2,28,29,30,31). The van der Waals surface area contributed by atoms with Crippen molar-refractivity contribution in [3.8, 4) is 0 Å². The molecule has 1 heterocycles. The summed E-state index contributed by atoms with van der Waals surface area (Å²) in [5.41, 5.74) is 14.6. The molecule has 0 unspecified atom stereocenters. The molecule has 33 heavy (non-hydrogen) atoms. The topological polar surface area (TPSA) is 105 Å². The molecule has 1 aromatic heterocycles. The minimum Gasteiger partial charge on any atom is -0.393 e. The summed E-state index contributed by atoms with van der Waals surface area (Å²) >= 11 is 0. The molecule has 4 aromatic rings. The minimum absolute atomic E-state index is 0.246. The fourth-order valence-corrected chi connectivity index (χ4v) is 3.40. The number of anilines is 3. The summed E-state index contributed by atoms with van der Waals surface area (Å²) in [7, 11) is 0. The van der Waals surface area contributed by atoms with Gasteiger partial charge in [-0.3, -0.25) is 15.6 Å². The van der Waals surface area contributed by atoms with Gasteiger partial charge in [0.15, 0.2) is 11.6 Å². The van der Waals surface area contributed by atoms with Gasteiger partial charge >= 0.3 is 0 Å². The van der Waals surface area contributed by atoms with Crippen LogP contribution in [0, 0.1) is 5.82 Å². The molecule has 8 heteroatoms. The molecule has 0 aliphatic rings. The third-order valence-corrected chi connectivity index (χ3v) is 5.09. The van der Waals surface area contributed by atoms with E-state index in [0.29, 0.717) is 12.4 Å². The van der Waals surface area contributed by atoms with Gasteiger partial charge in [0.1, 0.15) is 17.8 Å². The third-order valence-electron chi connectivity index (χ3n) is 5.09. The third kappa shape index (κ3) is 5.43. The fraction of sp³-hybridized carbons (Fsp3) is 0.0800. The van der Waals surface area contributed by atoms with E-state index in [1.165, 1.54) is 18.5 Å². The van der Waals surface area contributed by atoms with Crippen LogP contribution in [0.2, 0.25) is 0 Å². The SMILES string of the molecule is Nc1c(NCc2ccc(F)cc2)ncnc1NNC(=O)C(c1ccccc1)c1ccccc1.